The van der Waals surface area contributed by atoms with Crippen molar-refractivity contribution >= 4 is 0 Å². The molecule has 3 fully saturated rings. The Bertz CT molecular complexity index is 235. The number of rotatable bonds is 0. The molecule has 2 atom stereocenters. The third kappa shape index (κ3) is 12.3. The zero-order chi connectivity index (χ0) is 15.7. The van der Waals surface area contributed by atoms with Gasteiger partial charge in [0.2, 0.25) is 0 Å². The fraction of sp³-hybridized carbons (Fsp3) is 1.00. The summed E-state index contributed by atoms with van der Waals surface area (Å²) in [6, 6.07) is 1.65. The molecule has 0 N–H and O–H groups in total. The van der Waals surface area contributed by atoms with Gasteiger partial charge in [0.1, 0.15) is 0 Å². The van der Waals surface area contributed by atoms with Gasteiger partial charge in [0.15, 0.2) is 0 Å². The Morgan fingerprint density at radius 1 is 0.542 bits per heavy atom. The van der Waals surface area contributed by atoms with Crippen molar-refractivity contribution in [2.24, 2.45) is 0 Å². The van der Waals surface area contributed by atoms with Gasteiger partial charge in [-0.2, -0.15) is 0 Å². The summed E-state index contributed by atoms with van der Waals surface area (Å²) in [6.07, 6.45) is 9.87. The van der Waals surface area contributed by atoms with E-state index in [-0.39, 0.29) is 22.3 Å². The second kappa shape index (κ2) is 16.4. The minimum absolute atomic E-state index is 0. The summed E-state index contributed by atoms with van der Waals surface area (Å²) in [5, 5.41) is 0. The van der Waals surface area contributed by atoms with Crippen molar-refractivity contribution in [2.75, 3.05) is 47.3 Å². The molecule has 0 bridgehead atoms. The molecule has 0 aromatic carbocycles. The average Bonchev–Trinajstić information content (AvgIpc) is 3.06. The van der Waals surface area contributed by atoms with Crippen LogP contribution in [0.4, 0.5) is 0 Å². The number of hydrogen-bond acceptors (Lipinski definition) is 3. The molecule has 0 amide bonds. The van der Waals surface area contributed by atoms with E-state index in [0.717, 1.165) is 12.1 Å². The summed E-state index contributed by atoms with van der Waals surface area (Å²) in [5.41, 5.74) is 0. The summed E-state index contributed by atoms with van der Waals surface area (Å²) < 4.78 is 0. The third-order valence-corrected chi connectivity index (χ3v) is 5.30. The number of likely N-dealkylation sites (tertiary alicyclic amines) is 3. The van der Waals surface area contributed by atoms with Crippen molar-refractivity contribution in [3.05, 3.63) is 0 Å². The largest absolute Gasteiger partial charge is 0.306 e. The van der Waals surface area contributed by atoms with E-state index in [9.17, 15) is 0 Å². The number of nitrogens with zero attached hydrogens (tertiary/aromatic N) is 3. The molecule has 2 unspecified atom stereocenters. The zero-order valence-electron chi connectivity index (χ0n) is 15.3. The molecule has 24 heavy (non-hydrogen) atoms. The van der Waals surface area contributed by atoms with E-state index in [0.29, 0.717) is 0 Å². The Labute approximate surface area is 155 Å². The highest BCUT2D eigenvalue weighted by molar-refractivity contribution is 4.78. The summed E-state index contributed by atoms with van der Waals surface area (Å²) >= 11 is 0. The molecule has 3 nitrogen and oxygen atoms in total. The van der Waals surface area contributed by atoms with Crippen molar-refractivity contribution in [3.8, 4) is 0 Å². The first-order valence-corrected chi connectivity index (χ1v) is 9.09. The Morgan fingerprint density at radius 3 is 0.958 bits per heavy atom. The molecule has 3 saturated heterocycles. The normalized spacial score (nSPS) is 27.4. The fourth-order valence-corrected chi connectivity index (χ4v) is 3.25. The van der Waals surface area contributed by atoms with E-state index in [1.807, 2.05) is 0 Å². The molecule has 0 aliphatic carbocycles. The second-order valence-electron chi connectivity index (χ2n) is 7.32. The van der Waals surface area contributed by atoms with E-state index in [1.54, 1.807) is 0 Å². The van der Waals surface area contributed by atoms with Crippen LogP contribution in [0.1, 0.15) is 81.1 Å². The molecule has 3 rings (SSSR count). The van der Waals surface area contributed by atoms with Crippen LogP contribution in [0, 0.1) is 0 Å². The van der Waals surface area contributed by atoms with Crippen LogP contribution in [0.5, 0.6) is 0 Å². The molecule has 0 radical (unpaired) electrons. The molecule has 3 aliphatic rings. The highest BCUT2D eigenvalue weighted by Gasteiger charge is 2.22. The molecule has 0 saturated carbocycles. The fourth-order valence-electron chi connectivity index (χ4n) is 3.25. The van der Waals surface area contributed by atoms with E-state index < -0.39 is 0 Å². The van der Waals surface area contributed by atoms with Crippen LogP contribution < -0.4 is 0 Å². The van der Waals surface area contributed by atoms with Gasteiger partial charge in [-0.1, -0.05) is 28.7 Å². The average molecular weight is 346 g/mol. The summed E-state index contributed by atoms with van der Waals surface area (Å²) in [5.74, 6) is 0. The van der Waals surface area contributed by atoms with Crippen LogP contribution in [0.25, 0.3) is 0 Å². The van der Waals surface area contributed by atoms with Gasteiger partial charge in [0.25, 0.3) is 0 Å². The topological polar surface area (TPSA) is 9.72 Å². The third-order valence-electron chi connectivity index (χ3n) is 5.30. The number of piperidine rings is 1. The Kier molecular flexibility index (Phi) is 19.5. The van der Waals surface area contributed by atoms with Crippen LogP contribution in [0.2, 0.25) is 0 Å². The van der Waals surface area contributed by atoms with Crippen LogP contribution >= 0.6 is 0 Å². The maximum Gasteiger partial charge on any atom is 0.00672 e. The highest BCUT2D eigenvalue weighted by atomic mass is 15.2. The second-order valence-corrected chi connectivity index (χ2v) is 7.32. The molecular weight excluding hydrogens is 294 g/mol. The van der Waals surface area contributed by atoms with Gasteiger partial charge in [-0.25, -0.2) is 0 Å². The Hall–Kier alpha value is -0.120. The molecule has 0 aromatic heterocycles. The first kappa shape index (κ1) is 28.7. The molecule has 3 heteroatoms. The predicted octanol–water partition coefficient (Wildman–Crippen LogP) is 5.21. The van der Waals surface area contributed by atoms with Crippen LogP contribution in [0.3, 0.4) is 0 Å². The Morgan fingerprint density at radius 2 is 0.833 bits per heavy atom. The maximum absolute atomic E-state index is 2.44. The molecule has 0 aromatic rings. The van der Waals surface area contributed by atoms with Crippen molar-refractivity contribution < 1.29 is 0 Å². The molecule has 3 aliphatic heterocycles. The van der Waals surface area contributed by atoms with E-state index in [4.69, 9.17) is 0 Å². The van der Waals surface area contributed by atoms with E-state index in [1.165, 1.54) is 71.1 Å². The predicted molar refractivity (Wildman–Crippen MR) is 114 cm³/mol. The van der Waals surface area contributed by atoms with Crippen LogP contribution in [-0.2, 0) is 0 Å². The van der Waals surface area contributed by atoms with Crippen LogP contribution in [0.15, 0.2) is 0 Å². The minimum Gasteiger partial charge on any atom is -0.306 e. The summed E-state index contributed by atoms with van der Waals surface area (Å²) in [6.45, 7) is 9.87. The first-order valence-electron chi connectivity index (χ1n) is 9.09. The molecule has 150 valence electrons. The monoisotopic (exact) mass is 345 g/mol. The lowest BCUT2D eigenvalue weighted by Crippen LogP contribution is -2.27. The van der Waals surface area contributed by atoms with E-state index >= 15 is 0 Å². The van der Waals surface area contributed by atoms with Gasteiger partial charge in [-0.3, -0.25) is 0 Å². The number of hydrogen-bond donors (Lipinski definition) is 0. The lowest BCUT2D eigenvalue weighted by Gasteiger charge is -2.20. The van der Waals surface area contributed by atoms with Crippen molar-refractivity contribution in [1.29, 1.82) is 0 Å². The van der Waals surface area contributed by atoms with Crippen molar-refractivity contribution in [3.63, 3.8) is 0 Å². The summed E-state index contributed by atoms with van der Waals surface area (Å²) in [7, 11) is 6.58. The lowest BCUT2D eigenvalue weighted by molar-refractivity contribution is 0.267. The maximum atomic E-state index is 2.44. The SMILES string of the molecule is C.C.C.CC1CCC(C)N1C.CN1CCCC1.CN1CCCCC1. The molecule has 3 heterocycles. The highest BCUT2D eigenvalue weighted by Crippen LogP contribution is 2.20. The standard InChI is InChI=1S/C7H15N.C6H13N.C5H11N.3CH4/c1-6-4-5-7(2)8(6)3;1-7-5-3-2-4-6-7;1-6-4-2-3-5-6;;;/h6-7H,4-5H2,1-3H3;2-6H2,1H3;2-5H2,1H3;3*1H4. The zero-order valence-corrected chi connectivity index (χ0v) is 15.3. The van der Waals surface area contributed by atoms with Gasteiger partial charge in [-0.15, -0.1) is 0 Å². The van der Waals surface area contributed by atoms with Gasteiger partial charge in [0.05, 0.1) is 0 Å². The smallest absolute Gasteiger partial charge is 0.00672 e. The molecular formula is C21H51N3. The summed E-state index contributed by atoms with van der Waals surface area (Å²) in [4.78, 5) is 7.20. The van der Waals surface area contributed by atoms with Gasteiger partial charge in [-0.05, 0) is 99.7 Å². The van der Waals surface area contributed by atoms with Gasteiger partial charge in [0, 0.05) is 12.1 Å². The van der Waals surface area contributed by atoms with Crippen molar-refractivity contribution in [2.45, 2.75) is 93.2 Å². The van der Waals surface area contributed by atoms with Crippen LogP contribution in [-0.4, -0.2) is 74.1 Å². The lowest BCUT2D eigenvalue weighted by atomic mass is 10.1. The first-order chi connectivity index (χ1) is 10.0. The molecule has 0 spiro atoms. The van der Waals surface area contributed by atoms with Gasteiger partial charge >= 0.3 is 0 Å². The van der Waals surface area contributed by atoms with Gasteiger partial charge < -0.3 is 14.7 Å². The van der Waals surface area contributed by atoms with E-state index in [2.05, 4.69) is 49.7 Å². The minimum atomic E-state index is 0. The van der Waals surface area contributed by atoms with Crippen molar-refractivity contribution in [1.82, 2.24) is 14.7 Å². The quantitative estimate of drug-likeness (QED) is 0.596. The Balaban J connectivity index is -0.000000261.